The molecule has 0 aliphatic heterocycles. The summed E-state index contributed by atoms with van der Waals surface area (Å²) in [6.07, 6.45) is 1.79. The Labute approximate surface area is 93.2 Å². The van der Waals surface area contributed by atoms with Gasteiger partial charge >= 0.3 is 0 Å². The van der Waals surface area contributed by atoms with Gasteiger partial charge in [-0.3, -0.25) is 4.90 Å². The predicted molar refractivity (Wildman–Crippen MR) is 61.0 cm³/mol. The van der Waals surface area contributed by atoms with Crippen LogP contribution in [0.25, 0.3) is 0 Å². The Hall–Kier alpha value is -1.14. The Morgan fingerprint density at radius 2 is 2.53 bits per heavy atom. The third-order valence-electron chi connectivity index (χ3n) is 2.09. The van der Waals surface area contributed by atoms with Gasteiger partial charge in [0.15, 0.2) is 0 Å². The summed E-state index contributed by atoms with van der Waals surface area (Å²) in [5.74, 6) is 0.306. The Morgan fingerprint density at radius 1 is 1.80 bits per heavy atom. The molecule has 0 aliphatic rings. The van der Waals surface area contributed by atoms with Crippen LogP contribution >= 0.6 is 11.3 Å². The number of amidine groups is 1. The van der Waals surface area contributed by atoms with Crippen molar-refractivity contribution in [1.29, 1.82) is 0 Å². The number of oxime groups is 1. The van der Waals surface area contributed by atoms with Crippen LogP contribution in [0.2, 0.25) is 0 Å². The first-order valence-electron chi connectivity index (χ1n) is 4.67. The summed E-state index contributed by atoms with van der Waals surface area (Å²) >= 11 is 1.63. The second-order valence-corrected chi connectivity index (χ2v) is 4.53. The van der Waals surface area contributed by atoms with Crippen molar-refractivity contribution >= 4 is 17.2 Å². The van der Waals surface area contributed by atoms with Crippen LogP contribution in [-0.2, 0) is 6.54 Å². The van der Waals surface area contributed by atoms with Gasteiger partial charge in [-0.25, -0.2) is 4.98 Å². The van der Waals surface area contributed by atoms with Gasteiger partial charge in [0.25, 0.3) is 0 Å². The van der Waals surface area contributed by atoms with Crippen molar-refractivity contribution in [3.8, 4) is 0 Å². The van der Waals surface area contributed by atoms with E-state index in [0.717, 1.165) is 18.1 Å². The predicted octanol–water partition coefficient (Wildman–Crippen LogP) is 0.957. The fourth-order valence-corrected chi connectivity index (χ4v) is 1.98. The highest BCUT2D eigenvalue weighted by Gasteiger charge is 2.11. The van der Waals surface area contributed by atoms with Crippen LogP contribution in [0.3, 0.4) is 0 Å². The van der Waals surface area contributed by atoms with E-state index in [0.29, 0.717) is 0 Å². The molecule has 1 unspecified atom stereocenters. The van der Waals surface area contributed by atoms with Crippen molar-refractivity contribution in [2.24, 2.45) is 16.8 Å². The minimum Gasteiger partial charge on any atom is -0.409 e. The molecule has 15 heavy (non-hydrogen) atoms. The molecule has 6 heteroatoms. The zero-order valence-electron chi connectivity index (χ0n) is 8.92. The maximum Gasteiger partial charge on any atom is 0.143 e. The molecular formula is C9H16N4OS. The summed E-state index contributed by atoms with van der Waals surface area (Å²) in [5, 5.41) is 14.5. The van der Waals surface area contributed by atoms with Crippen LogP contribution in [0.5, 0.6) is 0 Å². The molecule has 0 radical (unpaired) electrons. The molecule has 0 spiro atoms. The molecule has 0 saturated heterocycles. The number of hydrogen-bond donors (Lipinski definition) is 2. The highest BCUT2D eigenvalue weighted by atomic mass is 32.1. The van der Waals surface area contributed by atoms with Crippen LogP contribution in [0.15, 0.2) is 16.7 Å². The van der Waals surface area contributed by atoms with Gasteiger partial charge in [-0.15, -0.1) is 11.3 Å². The van der Waals surface area contributed by atoms with E-state index in [1.165, 1.54) is 0 Å². The number of aromatic nitrogens is 1. The topological polar surface area (TPSA) is 74.7 Å². The van der Waals surface area contributed by atoms with E-state index >= 15 is 0 Å². The number of rotatable bonds is 5. The second-order valence-electron chi connectivity index (χ2n) is 3.55. The Kier molecular flexibility index (Phi) is 4.51. The molecule has 0 bridgehead atoms. The summed E-state index contributed by atoms with van der Waals surface area (Å²) in [7, 11) is 1.99. The first-order valence-corrected chi connectivity index (χ1v) is 5.55. The molecule has 3 N–H and O–H groups in total. The van der Waals surface area contributed by atoms with Gasteiger partial charge in [0.05, 0.1) is 6.54 Å². The van der Waals surface area contributed by atoms with Crippen molar-refractivity contribution < 1.29 is 5.21 Å². The lowest BCUT2D eigenvalue weighted by Gasteiger charge is -2.19. The van der Waals surface area contributed by atoms with Crippen LogP contribution in [0, 0.1) is 5.92 Å². The minimum absolute atomic E-state index is 0.0416. The lowest BCUT2D eigenvalue weighted by Crippen LogP contribution is -2.32. The van der Waals surface area contributed by atoms with E-state index in [-0.39, 0.29) is 11.8 Å². The summed E-state index contributed by atoms with van der Waals surface area (Å²) in [6.45, 7) is 3.46. The molecule has 0 saturated carbocycles. The molecule has 1 atom stereocenters. The van der Waals surface area contributed by atoms with Crippen molar-refractivity contribution in [1.82, 2.24) is 9.88 Å². The zero-order chi connectivity index (χ0) is 11.3. The number of hydrogen-bond acceptors (Lipinski definition) is 5. The molecule has 1 aromatic rings. The quantitative estimate of drug-likeness (QED) is 0.341. The molecular weight excluding hydrogens is 212 g/mol. The van der Waals surface area contributed by atoms with Crippen molar-refractivity contribution in [3.05, 3.63) is 16.6 Å². The molecule has 0 aromatic carbocycles. The zero-order valence-corrected chi connectivity index (χ0v) is 9.74. The molecule has 84 valence electrons. The standard InChI is InChI=1S/C9H16N4OS/c1-7(9(10)12-14)5-13(2)6-8-11-3-4-15-8/h3-4,7,14H,5-6H2,1-2H3,(H2,10,12). The largest absolute Gasteiger partial charge is 0.409 e. The fourth-order valence-electron chi connectivity index (χ4n) is 1.29. The van der Waals surface area contributed by atoms with Crippen LogP contribution in [-0.4, -0.2) is 34.5 Å². The number of nitrogens with zero attached hydrogens (tertiary/aromatic N) is 3. The van der Waals surface area contributed by atoms with Crippen molar-refractivity contribution in [2.45, 2.75) is 13.5 Å². The molecule has 1 heterocycles. The van der Waals surface area contributed by atoms with Gasteiger partial charge in [-0.2, -0.15) is 0 Å². The number of thiazole rings is 1. The lowest BCUT2D eigenvalue weighted by molar-refractivity contribution is 0.290. The van der Waals surface area contributed by atoms with Crippen LogP contribution in [0.4, 0.5) is 0 Å². The second kappa shape index (κ2) is 5.67. The maximum atomic E-state index is 8.51. The average Bonchev–Trinajstić information content (AvgIpc) is 2.68. The summed E-state index contributed by atoms with van der Waals surface area (Å²) < 4.78 is 0. The maximum absolute atomic E-state index is 8.51. The normalized spacial score (nSPS) is 14.5. The van der Waals surface area contributed by atoms with Gasteiger partial charge in [-0.1, -0.05) is 12.1 Å². The van der Waals surface area contributed by atoms with E-state index in [2.05, 4.69) is 15.0 Å². The average molecular weight is 228 g/mol. The Balaban J connectivity index is 2.39. The third kappa shape index (κ3) is 3.85. The summed E-state index contributed by atoms with van der Waals surface area (Å²) in [4.78, 5) is 6.29. The van der Waals surface area contributed by atoms with Gasteiger partial charge in [0, 0.05) is 24.0 Å². The smallest absolute Gasteiger partial charge is 0.143 e. The van der Waals surface area contributed by atoms with Gasteiger partial charge in [0.2, 0.25) is 0 Å². The SMILES string of the molecule is CC(CN(C)Cc1nccs1)C(N)=NO. The Bertz CT molecular complexity index is 312. The van der Waals surface area contributed by atoms with Gasteiger partial charge < -0.3 is 10.9 Å². The van der Waals surface area contributed by atoms with Gasteiger partial charge in [0.1, 0.15) is 10.8 Å². The summed E-state index contributed by atoms with van der Waals surface area (Å²) in [6, 6.07) is 0. The molecule has 1 aromatic heterocycles. The highest BCUT2D eigenvalue weighted by molar-refractivity contribution is 7.09. The Morgan fingerprint density at radius 3 is 3.07 bits per heavy atom. The van der Waals surface area contributed by atoms with Crippen LogP contribution in [0.1, 0.15) is 11.9 Å². The molecule has 0 amide bonds. The van der Waals surface area contributed by atoms with Crippen molar-refractivity contribution in [3.63, 3.8) is 0 Å². The first-order chi connectivity index (χ1) is 7.13. The molecule has 0 aliphatic carbocycles. The number of nitrogens with two attached hydrogens (primary N) is 1. The lowest BCUT2D eigenvalue weighted by atomic mass is 10.1. The summed E-state index contributed by atoms with van der Waals surface area (Å²) in [5.41, 5.74) is 5.50. The van der Waals surface area contributed by atoms with E-state index < -0.39 is 0 Å². The highest BCUT2D eigenvalue weighted by Crippen LogP contribution is 2.08. The third-order valence-corrected chi connectivity index (χ3v) is 2.86. The molecule has 5 nitrogen and oxygen atoms in total. The van der Waals surface area contributed by atoms with Crippen molar-refractivity contribution in [2.75, 3.05) is 13.6 Å². The first kappa shape index (κ1) is 11.9. The van der Waals surface area contributed by atoms with Crippen LogP contribution < -0.4 is 5.73 Å². The van der Waals surface area contributed by atoms with E-state index in [1.807, 2.05) is 19.4 Å². The fraction of sp³-hybridized carbons (Fsp3) is 0.556. The molecule has 1 rings (SSSR count). The van der Waals surface area contributed by atoms with Gasteiger partial charge in [-0.05, 0) is 7.05 Å². The molecule has 0 fully saturated rings. The van der Waals surface area contributed by atoms with E-state index in [9.17, 15) is 0 Å². The van der Waals surface area contributed by atoms with E-state index in [4.69, 9.17) is 10.9 Å². The van der Waals surface area contributed by atoms with E-state index in [1.54, 1.807) is 17.5 Å². The monoisotopic (exact) mass is 228 g/mol. The minimum atomic E-state index is 0.0416.